The minimum absolute atomic E-state index is 0.309. The van der Waals surface area contributed by atoms with Crippen molar-refractivity contribution in [3.8, 4) is 11.4 Å². The van der Waals surface area contributed by atoms with Gasteiger partial charge in [0.25, 0.3) is 0 Å². The van der Waals surface area contributed by atoms with Crippen LogP contribution in [0.25, 0.3) is 11.4 Å². The number of halogens is 1. The quantitative estimate of drug-likeness (QED) is 0.867. The summed E-state index contributed by atoms with van der Waals surface area (Å²) in [5, 5.41) is 4.39. The number of aryl methyl sites for hydroxylation is 1. The molecule has 0 amide bonds. The molecule has 0 saturated carbocycles. The largest absolute Gasteiger partial charge is 0.397 e. The van der Waals surface area contributed by atoms with Crippen molar-refractivity contribution in [2.45, 2.75) is 19.8 Å². The van der Waals surface area contributed by atoms with Crippen molar-refractivity contribution < 1.29 is 0 Å². The minimum atomic E-state index is 0.309. The van der Waals surface area contributed by atoms with E-state index >= 15 is 0 Å². The first-order valence-electron chi connectivity index (χ1n) is 5.46. The lowest BCUT2D eigenvalue weighted by molar-refractivity contribution is 0.712. The number of para-hydroxylation sites is 1. The van der Waals surface area contributed by atoms with E-state index < -0.39 is 0 Å². The lowest BCUT2D eigenvalue weighted by Gasteiger charge is -2.05. The molecule has 0 fully saturated rings. The monoisotopic (exact) mass is 294 g/mol. The minimum Gasteiger partial charge on any atom is -0.397 e. The molecular formula is C12H15BrN4. The normalized spacial score (nSPS) is 11.1. The Morgan fingerprint density at radius 2 is 2.06 bits per heavy atom. The fraction of sp³-hybridized carbons (Fsp3) is 0.333. The van der Waals surface area contributed by atoms with Crippen LogP contribution in [0, 0.1) is 0 Å². The lowest BCUT2D eigenvalue weighted by Crippen LogP contribution is -1.98. The molecule has 0 aliphatic heterocycles. The first-order valence-corrected chi connectivity index (χ1v) is 6.25. The van der Waals surface area contributed by atoms with E-state index in [0.717, 1.165) is 21.7 Å². The third-order valence-electron chi connectivity index (χ3n) is 2.59. The fourth-order valence-corrected chi connectivity index (χ4v) is 1.98. The molecule has 0 bridgehead atoms. The third kappa shape index (κ3) is 2.20. The molecule has 0 aliphatic rings. The zero-order valence-corrected chi connectivity index (χ0v) is 11.7. The van der Waals surface area contributed by atoms with Gasteiger partial charge in [0.15, 0.2) is 11.6 Å². The Morgan fingerprint density at radius 1 is 1.35 bits per heavy atom. The van der Waals surface area contributed by atoms with Crippen LogP contribution in [0.3, 0.4) is 0 Å². The Morgan fingerprint density at radius 3 is 2.65 bits per heavy atom. The molecule has 0 radical (unpaired) electrons. The second kappa shape index (κ2) is 4.49. The first kappa shape index (κ1) is 12.1. The molecule has 0 atom stereocenters. The summed E-state index contributed by atoms with van der Waals surface area (Å²) in [7, 11) is 1.88. The number of hydrogen-bond donors (Lipinski definition) is 1. The van der Waals surface area contributed by atoms with Gasteiger partial charge in [-0.3, -0.25) is 0 Å². The maximum atomic E-state index is 6.04. The maximum Gasteiger partial charge on any atom is 0.160 e. The van der Waals surface area contributed by atoms with E-state index in [4.69, 9.17) is 5.73 Å². The molecule has 2 aromatic rings. The van der Waals surface area contributed by atoms with E-state index in [9.17, 15) is 0 Å². The molecule has 1 aromatic carbocycles. The van der Waals surface area contributed by atoms with Gasteiger partial charge in [0.1, 0.15) is 0 Å². The Balaban J connectivity index is 2.57. The van der Waals surface area contributed by atoms with Crippen LogP contribution in [0.15, 0.2) is 22.7 Å². The second-order valence-corrected chi connectivity index (χ2v) is 5.13. The van der Waals surface area contributed by atoms with Crippen molar-refractivity contribution in [3.63, 3.8) is 0 Å². The summed E-state index contributed by atoms with van der Waals surface area (Å²) >= 11 is 3.42. The van der Waals surface area contributed by atoms with Gasteiger partial charge in [0.2, 0.25) is 0 Å². The molecule has 0 spiro atoms. The van der Waals surface area contributed by atoms with Crippen molar-refractivity contribution >= 4 is 21.6 Å². The average Bonchev–Trinajstić information content (AvgIpc) is 2.65. The number of anilines is 1. The summed E-state index contributed by atoms with van der Waals surface area (Å²) in [6, 6.07) is 5.81. The van der Waals surface area contributed by atoms with Gasteiger partial charge in [-0.25, -0.2) is 9.67 Å². The highest BCUT2D eigenvalue weighted by Gasteiger charge is 2.14. The molecule has 4 nitrogen and oxygen atoms in total. The van der Waals surface area contributed by atoms with Gasteiger partial charge in [-0.05, 0) is 28.1 Å². The molecule has 90 valence electrons. The zero-order valence-electron chi connectivity index (χ0n) is 10.1. The Bertz CT molecular complexity index is 545. The van der Waals surface area contributed by atoms with Crippen LogP contribution in [0.4, 0.5) is 5.69 Å². The van der Waals surface area contributed by atoms with Crippen LogP contribution in [-0.4, -0.2) is 14.8 Å². The molecule has 5 heteroatoms. The Kier molecular flexibility index (Phi) is 3.19. The van der Waals surface area contributed by atoms with E-state index in [0.29, 0.717) is 11.6 Å². The molecule has 0 saturated heterocycles. The number of nitrogens with zero attached hydrogens (tertiary/aromatic N) is 3. The fourth-order valence-electron chi connectivity index (χ4n) is 1.62. The maximum absolute atomic E-state index is 6.04. The summed E-state index contributed by atoms with van der Waals surface area (Å²) in [6.45, 7) is 4.15. The molecule has 1 heterocycles. The molecule has 0 unspecified atom stereocenters. The number of aromatic nitrogens is 3. The smallest absolute Gasteiger partial charge is 0.160 e. The van der Waals surface area contributed by atoms with Gasteiger partial charge in [-0.2, -0.15) is 5.10 Å². The first-order chi connectivity index (χ1) is 8.00. The molecule has 0 aliphatic carbocycles. The van der Waals surface area contributed by atoms with Gasteiger partial charge in [0.05, 0.1) is 5.69 Å². The van der Waals surface area contributed by atoms with Gasteiger partial charge in [-0.15, -0.1) is 0 Å². The predicted octanol–water partition coefficient (Wildman–Crippen LogP) is 2.95. The van der Waals surface area contributed by atoms with Crippen LogP contribution in [0.1, 0.15) is 25.6 Å². The number of rotatable bonds is 2. The number of nitrogen functional groups attached to an aromatic ring is 1. The molecule has 2 rings (SSSR count). The molecule has 1 aromatic heterocycles. The molecular weight excluding hydrogens is 280 g/mol. The summed E-state index contributed by atoms with van der Waals surface area (Å²) in [6.07, 6.45) is 0. The van der Waals surface area contributed by atoms with Gasteiger partial charge < -0.3 is 5.73 Å². The summed E-state index contributed by atoms with van der Waals surface area (Å²) in [5.41, 5.74) is 7.64. The third-order valence-corrected chi connectivity index (χ3v) is 3.28. The number of benzene rings is 1. The van der Waals surface area contributed by atoms with E-state index in [2.05, 4.69) is 39.9 Å². The second-order valence-electron chi connectivity index (χ2n) is 4.27. The van der Waals surface area contributed by atoms with Crippen molar-refractivity contribution in [1.82, 2.24) is 14.8 Å². The van der Waals surface area contributed by atoms with Crippen LogP contribution in [0.2, 0.25) is 0 Å². The van der Waals surface area contributed by atoms with Crippen molar-refractivity contribution in [2.24, 2.45) is 7.05 Å². The Labute approximate surface area is 109 Å². The standard InChI is InChI=1S/C12H15BrN4/c1-7(2)11-15-12(17(3)16-11)8-5-4-6-9(13)10(8)14/h4-7H,14H2,1-3H3. The number of hydrogen-bond acceptors (Lipinski definition) is 3. The van der Waals surface area contributed by atoms with Crippen LogP contribution in [-0.2, 0) is 7.05 Å². The molecule has 2 N–H and O–H groups in total. The van der Waals surface area contributed by atoms with Gasteiger partial charge >= 0.3 is 0 Å². The Hall–Kier alpha value is -1.36. The summed E-state index contributed by atoms with van der Waals surface area (Å²) < 4.78 is 2.65. The summed E-state index contributed by atoms with van der Waals surface area (Å²) in [4.78, 5) is 4.53. The highest BCUT2D eigenvalue weighted by molar-refractivity contribution is 9.10. The summed E-state index contributed by atoms with van der Waals surface area (Å²) in [5.74, 6) is 1.94. The highest BCUT2D eigenvalue weighted by Crippen LogP contribution is 2.30. The average molecular weight is 295 g/mol. The zero-order chi connectivity index (χ0) is 12.6. The topological polar surface area (TPSA) is 56.7 Å². The lowest BCUT2D eigenvalue weighted by atomic mass is 10.1. The van der Waals surface area contributed by atoms with E-state index in [-0.39, 0.29) is 0 Å². The van der Waals surface area contributed by atoms with Crippen molar-refractivity contribution in [3.05, 3.63) is 28.5 Å². The van der Waals surface area contributed by atoms with E-state index in [1.165, 1.54) is 0 Å². The van der Waals surface area contributed by atoms with E-state index in [1.54, 1.807) is 4.68 Å². The van der Waals surface area contributed by atoms with Gasteiger partial charge in [0, 0.05) is 23.0 Å². The van der Waals surface area contributed by atoms with Gasteiger partial charge in [-0.1, -0.05) is 19.9 Å². The highest BCUT2D eigenvalue weighted by atomic mass is 79.9. The van der Waals surface area contributed by atoms with Crippen LogP contribution >= 0.6 is 15.9 Å². The van der Waals surface area contributed by atoms with Crippen LogP contribution in [0.5, 0.6) is 0 Å². The van der Waals surface area contributed by atoms with Crippen LogP contribution < -0.4 is 5.73 Å². The number of nitrogens with two attached hydrogens (primary N) is 1. The molecule has 17 heavy (non-hydrogen) atoms. The SMILES string of the molecule is CC(C)c1nc(-c2cccc(Br)c2N)n(C)n1. The van der Waals surface area contributed by atoms with Crippen molar-refractivity contribution in [1.29, 1.82) is 0 Å². The van der Waals surface area contributed by atoms with E-state index in [1.807, 2.05) is 25.2 Å². The predicted molar refractivity (Wildman–Crippen MR) is 72.6 cm³/mol. The van der Waals surface area contributed by atoms with Crippen molar-refractivity contribution in [2.75, 3.05) is 5.73 Å².